The van der Waals surface area contributed by atoms with Gasteiger partial charge in [-0.1, -0.05) is 31.2 Å². The molecule has 106 valence electrons. The van der Waals surface area contributed by atoms with E-state index < -0.39 is 0 Å². The third-order valence-electron chi connectivity index (χ3n) is 3.82. The smallest absolute Gasteiger partial charge is 0.130 e. The molecule has 0 bridgehead atoms. The molecule has 0 spiro atoms. The molecule has 0 aliphatic carbocycles. The Morgan fingerprint density at radius 2 is 1.75 bits per heavy atom. The van der Waals surface area contributed by atoms with E-state index >= 15 is 0 Å². The van der Waals surface area contributed by atoms with E-state index in [4.69, 9.17) is 4.74 Å². The summed E-state index contributed by atoms with van der Waals surface area (Å²) in [5.41, 5.74) is 3.74. The van der Waals surface area contributed by atoms with Crippen molar-refractivity contribution in [3.63, 3.8) is 0 Å². The zero-order chi connectivity index (χ0) is 14.5. The number of aryl methyl sites for hydroxylation is 1. The van der Waals surface area contributed by atoms with Crippen LogP contribution in [0.5, 0.6) is 11.5 Å². The summed E-state index contributed by atoms with van der Waals surface area (Å²) in [6.45, 7) is 6.37. The summed E-state index contributed by atoms with van der Waals surface area (Å²) in [6.07, 6.45) is 1.08. The van der Waals surface area contributed by atoms with Crippen LogP contribution in [0.1, 0.15) is 36.1 Å². The predicted molar refractivity (Wildman–Crippen MR) is 84.5 cm³/mol. The topological polar surface area (TPSA) is 21.3 Å². The van der Waals surface area contributed by atoms with Crippen LogP contribution >= 0.6 is 0 Å². The molecule has 2 nitrogen and oxygen atoms in total. The molecule has 1 atom stereocenters. The largest absolute Gasteiger partial charge is 0.457 e. The summed E-state index contributed by atoms with van der Waals surface area (Å²) in [6, 6.07) is 14.9. The van der Waals surface area contributed by atoms with Gasteiger partial charge < -0.3 is 10.1 Å². The summed E-state index contributed by atoms with van der Waals surface area (Å²) in [7, 11) is 1.99. The minimum Gasteiger partial charge on any atom is -0.457 e. The van der Waals surface area contributed by atoms with Gasteiger partial charge in [-0.3, -0.25) is 0 Å². The first-order valence-electron chi connectivity index (χ1n) is 7.17. The van der Waals surface area contributed by atoms with Crippen LogP contribution in [0.4, 0.5) is 0 Å². The van der Waals surface area contributed by atoms with Crippen LogP contribution in [0.2, 0.25) is 0 Å². The van der Waals surface area contributed by atoms with Crippen molar-refractivity contribution in [1.82, 2.24) is 5.32 Å². The zero-order valence-corrected chi connectivity index (χ0v) is 12.7. The molecule has 0 saturated carbocycles. The number of benzene rings is 2. The minimum absolute atomic E-state index is 0.407. The Morgan fingerprint density at radius 3 is 2.35 bits per heavy atom. The molecule has 20 heavy (non-hydrogen) atoms. The van der Waals surface area contributed by atoms with Gasteiger partial charge in [0.05, 0.1) is 0 Å². The highest BCUT2D eigenvalue weighted by Gasteiger charge is 2.07. The highest BCUT2D eigenvalue weighted by atomic mass is 16.5. The second-order valence-electron chi connectivity index (χ2n) is 5.12. The van der Waals surface area contributed by atoms with Gasteiger partial charge in [-0.2, -0.15) is 0 Å². The van der Waals surface area contributed by atoms with Crippen molar-refractivity contribution in [2.24, 2.45) is 0 Å². The quantitative estimate of drug-likeness (QED) is 0.844. The van der Waals surface area contributed by atoms with Crippen LogP contribution in [0, 0.1) is 13.8 Å². The van der Waals surface area contributed by atoms with E-state index in [0.29, 0.717) is 6.04 Å². The van der Waals surface area contributed by atoms with Gasteiger partial charge in [0, 0.05) is 6.04 Å². The van der Waals surface area contributed by atoms with Crippen molar-refractivity contribution in [2.45, 2.75) is 33.2 Å². The van der Waals surface area contributed by atoms with Crippen molar-refractivity contribution < 1.29 is 4.74 Å². The van der Waals surface area contributed by atoms with E-state index in [-0.39, 0.29) is 0 Å². The van der Waals surface area contributed by atoms with E-state index in [0.717, 1.165) is 17.9 Å². The average molecular weight is 269 g/mol. The molecule has 0 aromatic heterocycles. The highest BCUT2D eigenvalue weighted by molar-refractivity contribution is 5.41. The van der Waals surface area contributed by atoms with Gasteiger partial charge in [0.1, 0.15) is 11.5 Å². The number of ether oxygens (including phenoxy) is 1. The Bertz CT molecular complexity index is 556. The molecule has 1 unspecified atom stereocenters. The van der Waals surface area contributed by atoms with Gasteiger partial charge in [0.2, 0.25) is 0 Å². The van der Waals surface area contributed by atoms with E-state index in [1.54, 1.807) is 0 Å². The molecule has 0 heterocycles. The van der Waals surface area contributed by atoms with Crippen molar-refractivity contribution >= 4 is 0 Å². The Balaban J connectivity index is 2.17. The van der Waals surface area contributed by atoms with Gasteiger partial charge in [-0.05, 0) is 62.2 Å². The summed E-state index contributed by atoms with van der Waals surface area (Å²) >= 11 is 0. The van der Waals surface area contributed by atoms with E-state index in [1.807, 2.05) is 31.3 Å². The molecule has 0 fully saturated rings. The molecule has 0 aliphatic rings. The second-order valence-corrected chi connectivity index (χ2v) is 5.12. The molecule has 0 aliphatic heterocycles. The van der Waals surface area contributed by atoms with Gasteiger partial charge in [0.25, 0.3) is 0 Å². The van der Waals surface area contributed by atoms with Crippen LogP contribution in [-0.2, 0) is 0 Å². The fraction of sp³-hybridized carbons (Fsp3) is 0.333. The molecule has 1 N–H and O–H groups in total. The fourth-order valence-electron chi connectivity index (χ4n) is 2.34. The lowest BCUT2D eigenvalue weighted by atomic mass is 10.0. The molecule has 2 aromatic rings. The van der Waals surface area contributed by atoms with E-state index in [2.05, 4.69) is 44.3 Å². The van der Waals surface area contributed by atoms with Gasteiger partial charge in [-0.15, -0.1) is 0 Å². The Hall–Kier alpha value is -1.80. The summed E-state index contributed by atoms with van der Waals surface area (Å²) in [5.74, 6) is 1.81. The Morgan fingerprint density at radius 1 is 1.05 bits per heavy atom. The standard InChI is InChI=1S/C18H23NO/c1-5-17(19-4)15-9-11-16(12-10-15)20-18-8-6-7-13(2)14(18)3/h6-12,17,19H,5H2,1-4H3. The fourth-order valence-corrected chi connectivity index (χ4v) is 2.34. The van der Waals surface area contributed by atoms with Crippen LogP contribution in [-0.4, -0.2) is 7.05 Å². The monoisotopic (exact) mass is 269 g/mol. The third-order valence-corrected chi connectivity index (χ3v) is 3.82. The number of hydrogen-bond acceptors (Lipinski definition) is 2. The summed E-state index contributed by atoms with van der Waals surface area (Å²) in [4.78, 5) is 0. The molecule has 0 saturated heterocycles. The molecule has 2 aromatic carbocycles. The first-order valence-corrected chi connectivity index (χ1v) is 7.17. The minimum atomic E-state index is 0.407. The second kappa shape index (κ2) is 6.58. The third kappa shape index (κ3) is 3.20. The maximum absolute atomic E-state index is 5.97. The molecule has 0 radical (unpaired) electrons. The molecule has 0 amide bonds. The normalized spacial score (nSPS) is 12.2. The van der Waals surface area contributed by atoms with Crippen LogP contribution < -0.4 is 10.1 Å². The number of hydrogen-bond donors (Lipinski definition) is 1. The lowest BCUT2D eigenvalue weighted by Gasteiger charge is -2.15. The Labute approximate surface area is 121 Å². The number of nitrogens with one attached hydrogen (secondary N) is 1. The van der Waals surface area contributed by atoms with Gasteiger partial charge in [0.15, 0.2) is 0 Å². The van der Waals surface area contributed by atoms with Crippen LogP contribution in [0.15, 0.2) is 42.5 Å². The van der Waals surface area contributed by atoms with Crippen LogP contribution in [0.25, 0.3) is 0 Å². The highest BCUT2D eigenvalue weighted by Crippen LogP contribution is 2.28. The van der Waals surface area contributed by atoms with E-state index in [9.17, 15) is 0 Å². The van der Waals surface area contributed by atoms with Crippen molar-refractivity contribution in [3.8, 4) is 11.5 Å². The van der Waals surface area contributed by atoms with Crippen molar-refractivity contribution in [2.75, 3.05) is 7.05 Å². The van der Waals surface area contributed by atoms with Crippen molar-refractivity contribution in [3.05, 3.63) is 59.2 Å². The lowest BCUT2D eigenvalue weighted by molar-refractivity contribution is 0.477. The zero-order valence-electron chi connectivity index (χ0n) is 12.7. The number of rotatable bonds is 5. The predicted octanol–water partition coefficient (Wildman–Crippen LogP) is 4.77. The van der Waals surface area contributed by atoms with Gasteiger partial charge >= 0.3 is 0 Å². The van der Waals surface area contributed by atoms with Crippen molar-refractivity contribution in [1.29, 1.82) is 0 Å². The summed E-state index contributed by atoms with van der Waals surface area (Å²) in [5, 5.41) is 3.31. The summed E-state index contributed by atoms with van der Waals surface area (Å²) < 4.78 is 5.97. The van der Waals surface area contributed by atoms with E-state index in [1.165, 1.54) is 16.7 Å². The maximum atomic E-state index is 5.97. The first-order chi connectivity index (χ1) is 9.65. The average Bonchev–Trinajstić information content (AvgIpc) is 2.47. The Kier molecular flexibility index (Phi) is 4.80. The molecular weight excluding hydrogens is 246 g/mol. The van der Waals surface area contributed by atoms with Crippen LogP contribution in [0.3, 0.4) is 0 Å². The molecular formula is C18H23NO. The molecule has 2 rings (SSSR count). The SMILES string of the molecule is CCC(NC)c1ccc(Oc2cccc(C)c2C)cc1. The molecule has 2 heteroatoms. The maximum Gasteiger partial charge on any atom is 0.130 e. The lowest BCUT2D eigenvalue weighted by Crippen LogP contribution is -2.14. The van der Waals surface area contributed by atoms with Gasteiger partial charge in [-0.25, -0.2) is 0 Å². The first kappa shape index (κ1) is 14.6.